The number of nitrogens with one attached hydrogen (secondary N) is 1. The zero-order valence-electron chi connectivity index (χ0n) is 16.7. The molecule has 0 atom stereocenters. The third-order valence-corrected chi connectivity index (χ3v) is 5.75. The molecule has 1 heterocycles. The highest BCUT2D eigenvalue weighted by Crippen LogP contribution is 2.20. The SMILES string of the molecule is Cc1ccc(NC(=S)N(CCCN2CCOCC2)Cc2cccc(F)c2)cc1Cl. The highest BCUT2D eigenvalue weighted by atomic mass is 35.5. The topological polar surface area (TPSA) is 27.7 Å². The van der Waals surface area contributed by atoms with Crippen molar-refractivity contribution < 1.29 is 9.13 Å². The summed E-state index contributed by atoms with van der Waals surface area (Å²) in [6, 6.07) is 12.5. The zero-order valence-corrected chi connectivity index (χ0v) is 18.2. The van der Waals surface area contributed by atoms with E-state index in [-0.39, 0.29) is 5.82 Å². The lowest BCUT2D eigenvalue weighted by atomic mass is 10.2. The summed E-state index contributed by atoms with van der Waals surface area (Å²) in [5.41, 5.74) is 2.76. The molecule has 0 amide bonds. The molecule has 7 heteroatoms. The molecule has 1 aliphatic heterocycles. The number of benzene rings is 2. The molecule has 29 heavy (non-hydrogen) atoms. The smallest absolute Gasteiger partial charge is 0.173 e. The number of hydrogen-bond donors (Lipinski definition) is 1. The van der Waals surface area contributed by atoms with Crippen molar-refractivity contribution in [3.8, 4) is 0 Å². The Hall–Kier alpha value is -1.73. The number of ether oxygens (including phenoxy) is 1. The summed E-state index contributed by atoms with van der Waals surface area (Å²) in [7, 11) is 0. The Balaban J connectivity index is 1.64. The minimum absolute atomic E-state index is 0.236. The summed E-state index contributed by atoms with van der Waals surface area (Å²) < 4.78 is 19.1. The van der Waals surface area contributed by atoms with Crippen molar-refractivity contribution in [2.45, 2.75) is 19.9 Å². The van der Waals surface area contributed by atoms with Crippen LogP contribution in [0.4, 0.5) is 10.1 Å². The van der Waals surface area contributed by atoms with E-state index in [1.165, 1.54) is 6.07 Å². The Morgan fingerprint density at radius 1 is 1.24 bits per heavy atom. The molecule has 2 aromatic carbocycles. The Labute approximate surface area is 182 Å². The van der Waals surface area contributed by atoms with Gasteiger partial charge in [-0.3, -0.25) is 4.90 Å². The molecule has 0 radical (unpaired) electrons. The van der Waals surface area contributed by atoms with Crippen molar-refractivity contribution in [3.63, 3.8) is 0 Å². The van der Waals surface area contributed by atoms with Gasteiger partial charge in [0.15, 0.2) is 5.11 Å². The van der Waals surface area contributed by atoms with Crippen molar-refractivity contribution >= 4 is 34.6 Å². The number of aryl methyl sites for hydroxylation is 1. The minimum Gasteiger partial charge on any atom is -0.379 e. The van der Waals surface area contributed by atoms with Crippen LogP contribution in [-0.4, -0.2) is 54.3 Å². The fourth-order valence-electron chi connectivity index (χ4n) is 3.29. The second-order valence-corrected chi connectivity index (χ2v) is 8.05. The fraction of sp³-hybridized carbons (Fsp3) is 0.409. The Morgan fingerprint density at radius 2 is 2.03 bits per heavy atom. The predicted octanol–water partition coefficient (Wildman–Crippen LogP) is 4.71. The van der Waals surface area contributed by atoms with Crippen LogP contribution in [0, 0.1) is 12.7 Å². The first-order valence-electron chi connectivity index (χ1n) is 9.88. The van der Waals surface area contributed by atoms with Crippen LogP contribution in [0.25, 0.3) is 0 Å². The van der Waals surface area contributed by atoms with Crippen LogP contribution < -0.4 is 5.32 Å². The van der Waals surface area contributed by atoms with E-state index >= 15 is 0 Å². The van der Waals surface area contributed by atoms with Gasteiger partial charge in [-0.2, -0.15) is 0 Å². The number of halogens is 2. The van der Waals surface area contributed by atoms with Gasteiger partial charge in [-0.1, -0.05) is 29.8 Å². The van der Waals surface area contributed by atoms with Gasteiger partial charge in [-0.25, -0.2) is 4.39 Å². The first-order valence-corrected chi connectivity index (χ1v) is 10.7. The normalized spacial score (nSPS) is 14.6. The van der Waals surface area contributed by atoms with E-state index in [1.54, 1.807) is 12.1 Å². The Kier molecular flexibility index (Phi) is 8.24. The van der Waals surface area contributed by atoms with Crippen LogP contribution >= 0.6 is 23.8 Å². The van der Waals surface area contributed by atoms with Gasteiger partial charge in [0.25, 0.3) is 0 Å². The molecule has 0 unspecified atom stereocenters. The van der Waals surface area contributed by atoms with Crippen molar-refractivity contribution in [1.82, 2.24) is 9.80 Å². The quantitative estimate of drug-likeness (QED) is 0.636. The van der Waals surface area contributed by atoms with E-state index in [1.807, 2.05) is 31.2 Å². The standard InChI is InChI=1S/C22H27ClFN3OS/c1-17-6-7-20(15-21(17)23)25-22(29)27(16-18-4-2-5-19(24)14-18)9-3-8-26-10-12-28-13-11-26/h2,4-7,14-15H,3,8-13,16H2,1H3,(H,25,29). The maximum absolute atomic E-state index is 13.6. The molecule has 4 nitrogen and oxygen atoms in total. The van der Waals surface area contributed by atoms with Crippen molar-refractivity contribution in [2.75, 3.05) is 44.7 Å². The molecule has 2 aromatic rings. The van der Waals surface area contributed by atoms with Crippen LogP contribution in [0.3, 0.4) is 0 Å². The Morgan fingerprint density at radius 3 is 2.76 bits per heavy atom. The molecule has 3 rings (SSSR count). The van der Waals surface area contributed by atoms with Gasteiger partial charge in [0.1, 0.15) is 5.82 Å². The molecular weight excluding hydrogens is 409 g/mol. The van der Waals surface area contributed by atoms with Gasteiger partial charge in [0.05, 0.1) is 13.2 Å². The lowest BCUT2D eigenvalue weighted by molar-refractivity contribution is 0.0368. The van der Waals surface area contributed by atoms with Crippen molar-refractivity contribution in [3.05, 3.63) is 64.4 Å². The number of anilines is 1. The number of rotatable bonds is 7. The van der Waals surface area contributed by atoms with Gasteiger partial charge in [0, 0.05) is 43.4 Å². The third-order valence-electron chi connectivity index (χ3n) is 4.98. The van der Waals surface area contributed by atoms with Crippen LogP contribution in [-0.2, 0) is 11.3 Å². The second-order valence-electron chi connectivity index (χ2n) is 7.25. The average molecular weight is 436 g/mol. The molecule has 1 N–H and O–H groups in total. The molecule has 0 spiro atoms. The summed E-state index contributed by atoms with van der Waals surface area (Å²) in [4.78, 5) is 4.48. The molecule has 1 saturated heterocycles. The van der Waals surface area contributed by atoms with Gasteiger partial charge in [-0.05, 0) is 61.0 Å². The summed E-state index contributed by atoms with van der Waals surface area (Å²) in [6.07, 6.45) is 0.964. The van der Waals surface area contributed by atoms with Gasteiger partial charge >= 0.3 is 0 Å². The van der Waals surface area contributed by atoms with Crippen LogP contribution in [0.15, 0.2) is 42.5 Å². The lowest BCUT2D eigenvalue weighted by Crippen LogP contribution is -2.40. The molecule has 1 fully saturated rings. The van der Waals surface area contributed by atoms with Gasteiger partial charge < -0.3 is 15.0 Å². The minimum atomic E-state index is -0.236. The summed E-state index contributed by atoms with van der Waals surface area (Å²) in [5, 5.41) is 4.58. The molecule has 1 aliphatic rings. The average Bonchev–Trinajstić information content (AvgIpc) is 2.71. The molecule has 0 aliphatic carbocycles. The largest absolute Gasteiger partial charge is 0.379 e. The highest BCUT2D eigenvalue weighted by molar-refractivity contribution is 7.80. The van der Waals surface area contributed by atoms with Gasteiger partial charge in [-0.15, -0.1) is 0 Å². The zero-order chi connectivity index (χ0) is 20.6. The number of hydrogen-bond acceptors (Lipinski definition) is 3. The van der Waals surface area contributed by atoms with E-state index in [0.717, 1.165) is 62.6 Å². The van der Waals surface area contributed by atoms with E-state index in [4.69, 9.17) is 28.6 Å². The first kappa shape index (κ1) is 22.0. The monoisotopic (exact) mass is 435 g/mol. The molecular formula is C22H27ClFN3OS. The molecule has 0 saturated carbocycles. The first-order chi connectivity index (χ1) is 14.0. The van der Waals surface area contributed by atoms with E-state index in [0.29, 0.717) is 16.7 Å². The molecule has 0 aromatic heterocycles. The third kappa shape index (κ3) is 6.93. The fourth-order valence-corrected chi connectivity index (χ4v) is 3.75. The number of thiocarbonyl (C=S) groups is 1. The lowest BCUT2D eigenvalue weighted by Gasteiger charge is -2.29. The number of nitrogens with zero attached hydrogens (tertiary/aromatic N) is 2. The Bertz CT molecular complexity index is 829. The van der Waals surface area contributed by atoms with Crippen LogP contribution in [0.1, 0.15) is 17.5 Å². The highest BCUT2D eigenvalue weighted by Gasteiger charge is 2.14. The van der Waals surface area contributed by atoms with Gasteiger partial charge in [0.2, 0.25) is 0 Å². The van der Waals surface area contributed by atoms with E-state index in [2.05, 4.69) is 15.1 Å². The van der Waals surface area contributed by atoms with E-state index in [9.17, 15) is 4.39 Å². The summed E-state index contributed by atoms with van der Waals surface area (Å²) >= 11 is 11.9. The van der Waals surface area contributed by atoms with E-state index < -0.39 is 0 Å². The molecule has 0 bridgehead atoms. The van der Waals surface area contributed by atoms with Crippen molar-refractivity contribution in [2.24, 2.45) is 0 Å². The predicted molar refractivity (Wildman–Crippen MR) is 121 cm³/mol. The van der Waals surface area contributed by atoms with Crippen LogP contribution in [0.2, 0.25) is 5.02 Å². The molecule has 156 valence electrons. The van der Waals surface area contributed by atoms with Crippen molar-refractivity contribution in [1.29, 1.82) is 0 Å². The second kappa shape index (κ2) is 10.9. The summed E-state index contributed by atoms with van der Waals surface area (Å²) in [5.74, 6) is -0.236. The maximum atomic E-state index is 13.6. The summed E-state index contributed by atoms with van der Waals surface area (Å²) in [6.45, 7) is 7.80. The van der Waals surface area contributed by atoms with Crippen LogP contribution in [0.5, 0.6) is 0 Å². The number of morpholine rings is 1. The maximum Gasteiger partial charge on any atom is 0.173 e.